The van der Waals surface area contributed by atoms with Crippen LogP contribution < -0.4 is 5.32 Å². The molecule has 0 saturated heterocycles. The maximum absolute atomic E-state index is 12.1. The van der Waals surface area contributed by atoms with Crippen LogP contribution in [-0.2, 0) is 16.0 Å². The molecule has 130 valence electrons. The number of anilines is 1. The Morgan fingerprint density at radius 3 is 2.48 bits per heavy atom. The van der Waals surface area contributed by atoms with Gasteiger partial charge in [-0.05, 0) is 37.1 Å². The lowest BCUT2D eigenvalue weighted by atomic mass is 10.1. The van der Waals surface area contributed by atoms with Crippen LogP contribution in [0.5, 0.6) is 0 Å². The zero-order valence-corrected chi connectivity index (χ0v) is 13.9. The lowest BCUT2D eigenvalue weighted by Crippen LogP contribution is -2.30. The number of nitro groups is 1. The Balaban J connectivity index is 1.98. The molecule has 0 saturated carbocycles. The SMILES string of the molecule is CCc1ccc(C(=O)OC(C)C(=O)Nc2cccc([N+](=O)[O-])c2)cc1. The number of hydrogen-bond acceptors (Lipinski definition) is 5. The first-order valence-corrected chi connectivity index (χ1v) is 7.76. The van der Waals surface area contributed by atoms with E-state index in [4.69, 9.17) is 4.74 Å². The lowest BCUT2D eigenvalue weighted by molar-refractivity contribution is -0.384. The van der Waals surface area contributed by atoms with Crippen molar-refractivity contribution in [2.24, 2.45) is 0 Å². The second-order valence-corrected chi connectivity index (χ2v) is 5.39. The quantitative estimate of drug-likeness (QED) is 0.493. The van der Waals surface area contributed by atoms with Crippen LogP contribution in [0.3, 0.4) is 0 Å². The molecule has 0 aliphatic carbocycles. The third-order valence-corrected chi connectivity index (χ3v) is 3.58. The highest BCUT2D eigenvalue weighted by Crippen LogP contribution is 2.17. The Kier molecular flexibility index (Phi) is 5.84. The number of hydrogen-bond donors (Lipinski definition) is 1. The van der Waals surface area contributed by atoms with E-state index in [2.05, 4.69) is 5.32 Å². The highest BCUT2D eigenvalue weighted by Gasteiger charge is 2.19. The number of amides is 1. The maximum atomic E-state index is 12.1. The molecule has 2 rings (SSSR count). The molecule has 1 N–H and O–H groups in total. The summed E-state index contributed by atoms with van der Waals surface area (Å²) in [5, 5.41) is 13.2. The Morgan fingerprint density at radius 2 is 1.88 bits per heavy atom. The molecule has 0 aromatic heterocycles. The van der Waals surface area contributed by atoms with Gasteiger partial charge in [-0.2, -0.15) is 0 Å². The fourth-order valence-electron chi connectivity index (χ4n) is 2.10. The van der Waals surface area contributed by atoms with E-state index in [9.17, 15) is 19.7 Å². The molecule has 25 heavy (non-hydrogen) atoms. The first-order chi connectivity index (χ1) is 11.9. The van der Waals surface area contributed by atoms with Crippen molar-refractivity contribution in [3.05, 3.63) is 69.8 Å². The number of carbonyl (C=O) groups is 2. The normalized spacial score (nSPS) is 11.4. The predicted octanol–water partition coefficient (Wildman–Crippen LogP) is 3.34. The Morgan fingerprint density at radius 1 is 1.20 bits per heavy atom. The number of rotatable bonds is 6. The minimum absolute atomic E-state index is 0.140. The molecule has 1 unspecified atom stereocenters. The zero-order valence-electron chi connectivity index (χ0n) is 13.9. The van der Waals surface area contributed by atoms with E-state index in [1.165, 1.54) is 31.2 Å². The van der Waals surface area contributed by atoms with Gasteiger partial charge < -0.3 is 10.1 Å². The number of carbonyl (C=O) groups excluding carboxylic acids is 2. The van der Waals surface area contributed by atoms with E-state index in [1.807, 2.05) is 19.1 Å². The first kappa shape index (κ1) is 18.1. The summed E-state index contributed by atoms with van der Waals surface area (Å²) in [6, 6.07) is 12.5. The van der Waals surface area contributed by atoms with Gasteiger partial charge in [0.1, 0.15) is 0 Å². The molecule has 2 aromatic rings. The molecule has 0 aliphatic heterocycles. The number of benzene rings is 2. The maximum Gasteiger partial charge on any atom is 0.338 e. The van der Waals surface area contributed by atoms with E-state index in [0.29, 0.717) is 5.56 Å². The average molecular weight is 342 g/mol. The first-order valence-electron chi connectivity index (χ1n) is 7.76. The van der Waals surface area contributed by atoms with Crippen LogP contribution in [0.2, 0.25) is 0 Å². The van der Waals surface area contributed by atoms with Gasteiger partial charge in [0.25, 0.3) is 11.6 Å². The van der Waals surface area contributed by atoms with Gasteiger partial charge in [-0.25, -0.2) is 4.79 Å². The summed E-state index contributed by atoms with van der Waals surface area (Å²) in [6.07, 6.45) is -0.185. The molecular formula is C18H18N2O5. The largest absolute Gasteiger partial charge is 0.449 e. The molecule has 0 radical (unpaired) electrons. The zero-order chi connectivity index (χ0) is 18.4. The molecule has 1 amide bonds. The molecule has 0 heterocycles. The number of non-ortho nitro benzene ring substituents is 1. The van der Waals surface area contributed by atoms with Gasteiger partial charge in [0.2, 0.25) is 0 Å². The van der Waals surface area contributed by atoms with Crippen LogP contribution in [0, 0.1) is 10.1 Å². The number of aryl methyl sites for hydroxylation is 1. The molecule has 2 aromatic carbocycles. The molecule has 7 nitrogen and oxygen atoms in total. The van der Waals surface area contributed by atoms with Crippen molar-refractivity contribution in [3.63, 3.8) is 0 Å². The van der Waals surface area contributed by atoms with Crippen molar-refractivity contribution in [3.8, 4) is 0 Å². The summed E-state index contributed by atoms with van der Waals surface area (Å²) >= 11 is 0. The molecule has 1 atom stereocenters. The van der Waals surface area contributed by atoms with Crippen LogP contribution >= 0.6 is 0 Å². The van der Waals surface area contributed by atoms with Crippen LogP contribution in [-0.4, -0.2) is 22.9 Å². The van der Waals surface area contributed by atoms with E-state index >= 15 is 0 Å². The topological polar surface area (TPSA) is 98.5 Å². The summed E-state index contributed by atoms with van der Waals surface area (Å²) in [7, 11) is 0. The van der Waals surface area contributed by atoms with E-state index < -0.39 is 22.9 Å². The summed E-state index contributed by atoms with van der Waals surface area (Å²) in [6.45, 7) is 3.44. The second kappa shape index (κ2) is 8.05. The Labute approximate surface area is 144 Å². The smallest absolute Gasteiger partial charge is 0.338 e. The third-order valence-electron chi connectivity index (χ3n) is 3.58. The Bertz CT molecular complexity index is 786. The van der Waals surface area contributed by atoms with Crippen LogP contribution in [0.1, 0.15) is 29.8 Å². The average Bonchev–Trinajstić information content (AvgIpc) is 2.61. The fraction of sp³-hybridized carbons (Fsp3) is 0.222. The summed E-state index contributed by atoms with van der Waals surface area (Å²) in [5.41, 5.74) is 1.56. The van der Waals surface area contributed by atoms with Crippen molar-refractivity contribution < 1.29 is 19.2 Å². The summed E-state index contributed by atoms with van der Waals surface area (Å²) < 4.78 is 5.14. The van der Waals surface area contributed by atoms with Gasteiger partial charge in [0.05, 0.1) is 10.5 Å². The lowest BCUT2D eigenvalue weighted by Gasteiger charge is -2.13. The van der Waals surface area contributed by atoms with Crippen molar-refractivity contribution in [2.45, 2.75) is 26.4 Å². The highest BCUT2D eigenvalue weighted by molar-refractivity contribution is 5.97. The van der Waals surface area contributed by atoms with Gasteiger partial charge in [0, 0.05) is 17.8 Å². The predicted molar refractivity (Wildman–Crippen MR) is 92.4 cm³/mol. The van der Waals surface area contributed by atoms with Gasteiger partial charge >= 0.3 is 5.97 Å². The van der Waals surface area contributed by atoms with E-state index in [0.717, 1.165) is 12.0 Å². The molecular weight excluding hydrogens is 324 g/mol. The molecule has 0 bridgehead atoms. The molecule has 0 spiro atoms. The Hall–Kier alpha value is -3.22. The number of nitrogens with zero attached hydrogens (tertiary/aromatic N) is 1. The molecule has 0 aliphatic rings. The number of nitro benzene ring substituents is 1. The van der Waals surface area contributed by atoms with Crippen molar-refractivity contribution in [1.82, 2.24) is 0 Å². The molecule has 0 fully saturated rings. The standard InChI is InChI=1S/C18H18N2O5/c1-3-13-7-9-14(10-8-13)18(22)25-12(2)17(21)19-15-5-4-6-16(11-15)20(23)24/h4-12H,3H2,1-2H3,(H,19,21). The minimum Gasteiger partial charge on any atom is -0.449 e. The number of ether oxygens (including phenoxy) is 1. The van der Waals surface area contributed by atoms with Gasteiger partial charge in [-0.15, -0.1) is 0 Å². The van der Waals surface area contributed by atoms with Crippen molar-refractivity contribution in [2.75, 3.05) is 5.32 Å². The fourth-order valence-corrected chi connectivity index (χ4v) is 2.10. The van der Waals surface area contributed by atoms with E-state index in [1.54, 1.807) is 12.1 Å². The van der Waals surface area contributed by atoms with Crippen LogP contribution in [0.15, 0.2) is 48.5 Å². The van der Waals surface area contributed by atoms with Crippen LogP contribution in [0.4, 0.5) is 11.4 Å². The summed E-state index contributed by atoms with van der Waals surface area (Å²) in [5.74, 6) is -1.18. The monoisotopic (exact) mass is 342 g/mol. The minimum atomic E-state index is -1.04. The summed E-state index contributed by atoms with van der Waals surface area (Å²) in [4.78, 5) is 34.4. The van der Waals surface area contributed by atoms with Crippen LogP contribution in [0.25, 0.3) is 0 Å². The highest BCUT2D eigenvalue weighted by atomic mass is 16.6. The second-order valence-electron chi connectivity index (χ2n) is 5.39. The van der Waals surface area contributed by atoms with Crippen molar-refractivity contribution >= 4 is 23.3 Å². The van der Waals surface area contributed by atoms with Gasteiger partial charge in [0.15, 0.2) is 6.10 Å². The van der Waals surface area contributed by atoms with Crippen molar-refractivity contribution in [1.29, 1.82) is 0 Å². The molecule has 7 heteroatoms. The van der Waals surface area contributed by atoms with Gasteiger partial charge in [-0.1, -0.05) is 25.1 Å². The third kappa shape index (κ3) is 4.87. The number of esters is 1. The number of nitrogens with one attached hydrogen (secondary N) is 1. The van der Waals surface area contributed by atoms with Gasteiger partial charge in [-0.3, -0.25) is 14.9 Å². The van der Waals surface area contributed by atoms with E-state index in [-0.39, 0.29) is 11.4 Å².